The topological polar surface area (TPSA) is 44.4 Å². The van der Waals surface area contributed by atoms with Crippen LogP contribution in [0.5, 0.6) is 0 Å². The molecule has 4 nitrogen and oxygen atoms in total. The summed E-state index contributed by atoms with van der Waals surface area (Å²) in [5, 5.41) is 6.34. The normalized spacial score (nSPS) is 14.3. The number of urea groups is 1. The second-order valence-corrected chi connectivity index (χ2v) is 4.95. The van der Waals surface area contributed by atoms with Gasteiger partial charge in [0.25, 0.3) is 0 Å². The van der Waals surface area contributed by atoms with Crippen molar-refractivity contribution in [2.24, 2.45) is 0 Å². The van der Waals surface area contributed by atoms with Crippen molar-refractivity contribution in [3.63, 3.8) is 0 Å². The van der Waals surface area contributed by atoms with E-state index in [1.54, 1.807) is 19.0 Å². The summed E-state index contributed by atoms with van der Waals surface area (Å²) in [5.74, 6) is 0. The highest BCUT2D eigenvalue weighted by molar-refractivity contribution is 5.73. The number of carbonyl (C=O) groups is 1. The van der Waals surface area contributed by atoms with E-state index in [-0.39, 0.29) is 6.03 Å². The van der Waals surface area contributed by atoms with Crippen molar-refractivity contribution in [3.8, 4) is 0 Å². The van der Waals surface area contributed by atoms with Gasteiger partial charge in [-0.15, -0.1) is 0 Å². The van der Waals surface area contributed by atoms with Crippen LogP contribution in [-0.4, -0.2) is 44.2 Å². The lowest BCUT2D eigenvalue weighted by atomic mass is 10.1. The summed E-state index contributed by atoms with van der Waals surface area (Å²) in [5.41, 5.74) is 2.90. The molecule has 0 saturated heterocycles. The first-order valence-corrected chi connectivity index (χ1v) is 6.42. The summed E-state index contributed by atoms with van der Waals surface area (Å²) < 4.78 is 0. The average Bonchev–Trinajstić information content (AvgIpc) is 2.76. The van der Waals surface area contributed by atoms with E-state index in [0.717, 1.165) is 19.4 Å². The Hall–Kier alpha value is -1.55. The maximum Gasteiger partial charge on any atom is 0.316 e. The number of carbonyl (C=O) groups excluding carboxylic acids is 1. The lowest BCUT2D eigenvalue weighted by Crippen LogP contribution is -2.41. The van der Waals surface area contributed by atoms with E-state index in [1.165, 1.54) is 11.1 Å². The highest BCUT2D eigenvalue weighted by atomic mass is 16.2. The predicted molar refractivity (Wildman–Crippen MR) is 72.7 cm³/mol. The second-order valence-electron chi connectivity index (χ2n) is 4.95. The van der Waals surface area contributed by atoms with E-state index < -0.39 is 0 Å². The zero-order chi connectivity index (χ0) is 13.0. The molecule has 0 fully saturated rings. The first-order chi connectivity index (χ1) is 8.66. The summed E-state index contributed by atoms with van der Waals surface area (Å²) >= 11 is 0. The maximum absolute atomic E-state index is 11.3. The summed E-state index contributed by atoms with van der Waals surface area (Å²) in [7, 11) is 3.49. The van der Waals surface area contributed by atoms with Gasteiger partial charge in [0, 0.05) is 33.2 Å². The third-order valence-electron chi connectivity index (χ3n) is 3.29. The van der Waals surface area contributed by atoms with Crippen molar-refractivity contribution in [2.75, 3.05) is 27.2 Å². The van der Waals surface area contributed by atoms with Crippen LogP contribution in [0.25, 0.3) is 0 Å². The van der Waals surface area contributed by atoms with Crippen molar-refractivity contribution in [1.29, 1.82) is 0 Å². The number of nitrogens with zero attached hydrogens (tertiary/aromatic N) is 1. The fourth-order valence-electron chi connectivity index (χ4n) is 2.31. The number of amides is 2. The smallest absolute Gasteiger partial charge is 0.316 e. The molecule has 0 saturated carbocycles. The van der Waals surface area contributed by atoms with Crippen LogP contribution >= 0.6 is 0 Å². The van der Waals surface area contributed by atoms with Gasteiger partial charge in [0.1, 0.15) is 0 Å². The minimum atomic E-state index is -0.0356. The Kier molecular flexibility index (Phi) is 4.20. The van der Waals surface area contributed by atoms with E-state index in [1.807, 2.05) is 0 Å². The van der Waals surface area contributed by atoms with Gasteiger partial charge in [0.2, 0.25) is 0 Å². The van der Waals surface area contributed by atoms with Crippen LogP contribution in [-0.2, 0) is 12.8 Å². The molecule has 0 aromatic heterocycles. The van der Waals surface area contributed by atoms with Crippen LogP contribution in [0.4, 0.5) is 4.79 Å². The van der Waals surface area contributed by atoms with Crippen LogP contribution in [0.15, 0.2) is 24.3 Å². The molecule has 1 aliphatic rings. The molecule has 1 aromatic rings. The molecule has 2 rings (SSSR count). The standard InChI is InChI=1S/C14H21N3O/c1-17(2)14(18)16-8-7-15-13-9-11-5-3-4-6-12(11)10-13/h3-6,13,15H,7-10H2,1-2H3,(H,16,18). The number of benzene rings is 1. The molecular weight excluding hydrogens is 226 g/mol. The molecule has 2 N–H and O–H groups in total. The molecule has 0 unspecified atom stereocenters. The van der Waals surface area contributed by atoms with E-state index in [4.69, 9.17) is 0 Å². The van der Waals surface area contributed by atoms with Crippen LogP contribution in [0.3, 0.4) is 0 Å². The number of hydrogen-bond donors (Lipinski definition) is 2. The summed E-state index contributed by atoms with van der Waals surface area (Å²) in [6.07, 6.45) is 2.19. The molecule has 98 valence electrons. The molecular formula is C14H21N3O. The van der Waals surface area contributed by atoms with Gasteiger partial charge in [-0.2, -0.15) is 0 Å². The highest BCUT2D eigenvalue weighted by Gasteiger charge is 2.19. The molecule has 0 radical (unpaired) electrons. The first-order valence-electron chi connectivity index (χ1n) is 6.42. The van der Waals surface area contributed by atoms with Crippen LogP contribution in [0, 0.1) is 0 Å². The molecule has 2 amide bonds. The molecule has 18 heavy (non-hydrogen) atoms. The monoisotopic (exact) mass is 247 g/mol. The van der Waals surface area contributed by atoms with Gasteiger partial charge in [-0.1, -0.05) is 24.3 Å². The SMILES string of the molecule is CN(C)C(=O)NCCNC1Cc2ccccc2C1. The van der Waals surface area contributed by atoms with Crippen molar-refractivity contribution < 1.29 is 4.79 Å². The quantitative estimate of drug-likeness (QED) is 0.780. The van der Waals surface area contributed by atoms with E-state index >= 15 is 0 Å². The summed E-state index contributed by atoms with van der Waals surface area (Å²) in [6, 6.07) is 9.07. The van der Waals surface area contributed by atoms with Crippen molar-refractivity contribution >= 4 is 6.03 Å². The summed E-state index contributed by atoms with van der Waals surface area (Å²) in [6.45, 7) is 1.49. The van der Waals surface area contributed by atoms with Gasteiger partial charge in [0.05, 0.1) is 0 Å². The lowest BCUT2D eigenvalue weighted by molar-refractivity contribution is 0.217. The van der Waals surface area contributed by atoms with Gasteiger partial charge in [-0.25, -0.2) is 4.79 Å². The minimum absolute atomic E-state index is 0.0356. The molecule has 1 aliphatic carbocycles. The zero-order valence-corrected chi connectivity index (χ0v) is 11.1. The second kappa shape index (κ2) is 5.87. The Morgan fingerprint density at radius 3 is 2.39 bits per heavy atom. The molecule has 4 heteroatoms. The van der Waals surface area contributed by atoms with Gasteiger partial charge in [0.15, 0.2) is 0 Å². The Morgan fingerprint density at radius 2 is 1.83 bits per heavy atom. The molecule has 0 aliphatic heterocycles. The largest absolute Gasteiger partial charge is 0.337 e. The third-order valence-corrected chi connectivity index (χ3v) is 3.29. The molecule has 0 bridgehead atoms. The van der Waals surface area contributed by atoms with Crippen molar-refractivity contribution in [2.45, 2.75) is 18.9 Å². The maximum atomic E-state index is 11.3. The fraction of sp³-hybridized carbons (Fsp3) is 0.500. The van der Waals surface area contributed by atoms with E-state index in [0.29, 0.717) is 12.6 Å². The third kappa shape index (κ3) is 3.23. The average molecular weight is 247 g/mol. The number of fused-ring (bicyclic) bond motifs is 1. The number of nitrogens with one attached hydrogen (secondary N) is 2. The molecule has 0 heterocycles. The first kappa shape index (κ1) is 12.9. The number of rotatable bonds is 4. The lowest BCUT2D eigenvalue weighted by Gasteiger charge is -2.14. The zero-order valence-electron chi connectivity index (χ0n) is 11.1. The molecule has 0 spiro atoms. The number of hydrogen-bond acceptors (Lipinski definition) is 2. The Morgan fingerprint density at radius 1 is 1.22 bits per heavy atom. The van der Waals surface area contributed by atoms with Gasteiger partial charge in [-0.05, 0) is 24.0 Å². The fourth-order valence-corrected chi connectivity index (χ4v) is 2.31. The van der Waals surface area contributed by atoms with Crippen LogP contribution in [0.2, 0.25) is 0 Å². The molecule has 0 atom stereocenters. The van der Waals surface area contributed by atoms with Crippen LogP contribution < -0.4 is 10.6 Å². The van der Waals surface area contributed by atoms with Crippen molar-refractivity contribution in [1.82, 2.24) is 15.5 Å². The Bertz CT molecular complexity index is 392. The van der Waals surface area contributed by atoms with Crippen molar-refractivity contribution in [3.05, 3.63) is 35.4 Å². The van der Waals surface area contributed by atoms with Gasteiger partial charge < -0.3 is 15.5 Å². The minimum Gasteiger partial charge on any atom is -0.337 e. The van der Waals surface area contributed by atoms with Gasteiger partial charge in [-0.3, -0.25) is 0 Å². The van der Waals surface area contributed by atoms with Crippen LogP contribution in [0.1, 0.15) is 11.1 Å². The van der Waals surface area contributed by atoms with E-state index in [9.17, 15) is 4.79 Å². The Balaban J connectivity index is 1.67. The summed E-state index contributed by atoms with van der Waals surface area (Å²) in [4.78, 5) is 12.9. The highest BCUT2D eigenvalue weighted by Crippen LogP contribution is 2.21. The predicted octanol–water partition coefficient (Wildman–Crippen LogP) is 1.01. The Labute approximate surface area is 108 Å². The van der Waals surface area contributed by atoms with Gasteiger partial charge >= 0.3 is 6.03 Å². The van der Waals surface area contributed by atoms with E-state index in [2.05, 4.69) is 34.9 Å². The molecule has 1 aromatic carbocycles.